The molecule has 1 atom stereocenters. The fourth-order valence-electron chi connectivity index (χ4n) is 2.06. The minimum absolute atomic E-state index is 0.0316. The van der Waals surface area contributed by atoms with Gasteiger partial charge in [-0.3, -0.25) is 20.2 Å². The van der Waals surface area contributed by atoms with Gasteiger partial charge in [0.05, 0.1) is 4.92 Å². The second kappa shape index (κ2) is 5.23. The predicted octanol–water partition coefficient (Wildman–Crippen LogP) is 0.769. The molecular formula is C12H16N4O3. The summed E-state index contributed by atoms with van der Waals surface area (Å²) >= 11 is 0. The Bertz CT molecular complexity index is 516. The van der Waals surface area contributed by atoms with Crippen LogP contribution in [0.5, 0.6) is 0 Å². The summed E-state index contributed by atoms with van der Waals surface area (Å²) in [4.78, 5) is 23.7. The van der Waals surface area contributed by atoms with E-state index in [0.717, 1.165) is 0 Å². The predicted molar refractivity (Wildman–Crippen MR) is 70.9 cm³/mol. The van der Waals surface area contributed by atoms with Gasteiger partial charge in [-0.25, -0.2) is 0 Å². The van der Waals surface area contributed by atoms with Gasteiger partial charge in [-0.15, -0.1) is 0 Å². The van der Waals surface area contributed by atoms with Crippen molar-refractivity contribution in [1.29, 1.82) is 0 Å². The van der Waals surface area contributed by atoms with Crippen molar-refractivity contribution in [1.82, 2.24) is 10.6 Å². The van der Waals surface area contributed by atoms with Gasteiger partial charge in [-0.1, -0.05) is 6.07 Å². The molecule has 1 amide bonds. The summed E-state index contributed by atoms with van der Waals surface area (Å²) in [6, 6.07) is 4.97. The maximum Gasteiger partial charge on any atom is 0.292 e. The van der Waals surface area contributed by atoms with Crippen LogP contribution < -0.4 is 15.5 Å². The van der Waals surface area contributed by atoms with Crippen molar-refractivity contribution in [2.45, 2.75) is 12.6 Å². The van der Waals surface area contributed by atoms with Crippen LogP contribution in [0.15, 0.2) is 18.2 Å². The summed E-state index contributed by atoms with van der Waals surface area (Å²) in [5.74, 6) is -0.0527. The Kier molecular flexibility index (Phi) is 3.66. The van der Waals surface area contributed by atoms with E-state index in [2.05, 4.69) is 10.6 Å². The Labute approximate surface area is 110 Å². The highest BCUT2D eigenvalue weighted by Crippen LogP contribution is 2.29. The van der Waals surface area contributed by atoms with Crippen molar-refractivity contribution in [3.8, 4) is 0 Å². The van der Waals surface area contributed by atoms with Crippen molar-refractivity contribution in [2.24, 2.45) is 0 Å². The quantitative estimate of drug-likeness (QED) is 0.622. The zero-order valence-corrected chi connectivity index (χ0v) is 10.8. The van der Waals surface area contributed by atoms with Crippen molar-refractivity contribution >= 4 is 17.3 Å². The van der Waals surface area contributed by atoms with E-state index in [1.807, 2.05) is 0 Å². The SMILES string of the molecule is CN(C)c1ccc([C@H]2NCCC(=O)N2)cc1[N+](=O)[O-]. The lowest BCUT2D eigenvalue weighted by Crippen LogP contribution is -2.44. The monoisotopic (exact) mass is 264 g/mol. The number of nitro groups is 1. The van der Waals surface area contributed by atoms with Crippen LogP contribution in [-0.4, -0.2) is 31.5 Å². The van der Waals surface area contributed by atoms with E-state index < -0.39 is 4.92 Å². The van der Waals surface area contributed by atoms with Gasteiger partial charge < -0.3 is 10.2 Å². The van der Waals surface area contributed by atoms with E-state index in [1.165, 1.54) is 6.07 Å². The molecular weight excluding hydrogens is 248 g/mol. The number of nitro benzene ring substituents is 1. The molecule has 0 spiro atoms. The molecule has 0 saturated carbocycles. The highest BCUT2D eigenvalue weighted by molar-refractivity contribution is 5.77. The molecule has 102 valence electrons. The molecule has 0 radical (unpaired) electrons. The molecule has 1 aliphatic rings. The van der Waals surface area contributed by atoms with E-state index in [1.54, 1.807) is 31.1 Å². The lowest BCUT2D eigenvalue weighted by molar-refractivity contribution is -0.384. The first kappa shape index (κ1) is 13.3. The Balaban J connectivity index is 2.35. The lowest BCUT2D eigenvalue weighted by Gasteiger charge is -2.25. The molecule has 1 saturated heterocycles. The first-order chi connectivity index (χ1) is 8.99. The number of anilines is 1. The van der Waals surface area contributed by atoms with E-state index in [-0.39, 0.29) is 17.8 Å². The highest BCUT2D eigenvalue weighted by Gasteiger charge is 2.23. The van der Waals surface area contributed by atoms with Crippen LogP contribution in [0, 0.1) is 10.1 Å². The summed E-state index contributed by atoms with van der Waals surface area (Å²) < 4.78 is 0. The smallest absolute Gasteiger partial charge is 0.292 e. The molecule has 1 fully saturated rings. The van der Waals surface area contributed by atoms with E-state index >= 15 is 0 Å². The molecule has 1 aromatic carbocycles. The van der Waals surface area contributed by atoms with Gasteiger partial charge in [0.1, 0.15) is 11.9 Å². The molecule has 1 aliphatic heterocycles. The van der Waals surface area contributed by atoms with Gasteiger partial charge in [-0.2, -0.15) is 0 Å². The van der Waals surface area contributed by atoms with Crippen LogP contribution in [0.2, 0.25) is 0 Å². The van der Waals surface area contributed by atoms with E-state index in [9.17, 15) is 14.9 Å². The minimum atomic E-state index is -0.413. The molecule has 0 aliphatic carbocycles. The molecule has 2 rings (SSSR count). The van der Waals surface area contributed by atoms with Crippen LogP contribution in [0.25, 0.3) is 0 Å². The van der Waals surface area contributed by atoms with Crippen molar-refractivity contribution < 1.29 is 9.72 Å². The van der Waals surface area contributed by atoms with Gasteiger partial charge in [-0.05, 0) is 11.6 Å². The third-order valence-corrected chi connectivity index (χ3v) is 3.02. The van der Waals surface area contributed by atoms with Gasteiger partial charge in [0.2, 0.25) is 5.91 Å². The number of benzene rings is 1. The first-order valence-electron chi connectivity index (χ1n) is 5.97. The summed E-state index contributed by atoms with van der Waals surface area (Å²) in [6.07, 6.45) is 0.0603. The summed E-state index contributed by atoms with van der Waals surface area (Å²) in [7, 11) is 3.51. The van der Waals surface area contributed by atoms with Crippen LogP contribution >= 0.6 is 0 Å². The standard InChI is InChI=1S/C12H16N4O3/c1-15(2)9-4-3-8(7-10(9)16(18)19)12-13-6-5-11(17)14-12/h3-4,7,12-13H,5-6H2,1-2H3,(H,14,17)/t12-/m0/s1. The number of carbonyl (C=O) groups excluding carboxylic acids is 1. The molecule has 7 heteroatoms. The Morgan fingerprint density at radius 1 is 1.42 bits per heavy atom. The second-order valence-corrected chi connectivity index (χ2v) is 4.60. The lowest BCUT2D eigenvalue weighted by atomic mass is 10.1. The number of nitrogens with zero attached hydrogens (tertiary/aromatic N) is 2. The largest absolute Gasteiger partial charge is 0.372 e. The fraction of sp³-hybridized carbons (Fsp3) is 0.417. The van der Waals surface area contributed by atoms with Gasteiger partial charge in [0.25, 0.3) is 5.69 Å². The Morgan fingerprint density at radius 2 is 2.16 bits per heavy atom. The zero-order valence-electron chi connectivity index (χ0n) is 10.8. The van der Waals surface area contributed by atoms with Crippen LogP contribution in [0.1, 0.15) is 18.2 Å². The van der Waals surface area contributed by atoms with E-state index in [0.29, 0.717) is 24.2 Å². The minimum Gasteiger partial charge on any atom is -0.372 e. The number of nitrogens with one attached hydrogen (secondary N) is 2. The van der Waals surface area contributed by atoms with Crippen LogP contribution in [0.4, 0.5) is 11.4 Å². The van der Waals surface area contributed by atoms with Gasteiger partial charge >= 0.3 is 0 Å². The summed E-state index contributed by atoms with van der Waals surface area (Å²) in [5.41, 5.74) is 1.25. The topological polar surface area (TPSA) is 87.5 Å². The fourth-order valence-corrected chi connectivity index (χ4v) is 2.06. The third-order valence-electron chi connectivity index (χ3n) is 3.02. The molecule has 7 nitrogen and oxygen atoms in total. The molecule has 1 heterocycles. The molecule has 2 N–H and O–H groups in total. The van der Waals surface area contributed by atoms with Crippen molar-refractivity contribution in [3.05, 3.63) is 33.9 Å². The number of amides is 1. The normalized spacial score (nSPS) is 18.8. The molecule has 19 heavy (non-hydrogen) atoms. The number of rotatable bonds is 3. The van der Waals surface area contributed by atoms with E-state index in [4.69, 9.17) is 0 Å². The molecule has 0 unspecified atom stereocenters. The average molecular weight is 264 g/mol. The highest BCUT2D eigenvalue weighted by atomic mass is 16.6. The van der Waals surface area contributed by atoms with Gasteiger partial charge in [0.15, 0.2) is 0 Å². The second-order valence-electron chi connectivity index (χ2n) is 4.60. The van der Waals surface area contributed by atoms with Crippen molar-refractivity contribution in [2.75, 3.05) is 25.5 Å². The van der Waals surface area contributed by atoms with Crippen molar-refractivity contribution in [3.63, 3.8) is 0 Å². The molecule has 1 aromatic rings. The summed E-state index contributed by atoms with van der Waals surface area (Å²) in [6.45, 7) is 0.569. The summed E-state index contributed by atoms with van der Waals surface area (Å²) in [5, 5.41) is 17.0. The zero-order chi connectivity index (χ0) is 14.0. The number of carbonyl (C=O) groups is 1. The van der Waals surface area contributed by atoms with Gasteiger partial charge in [0, 0.05) is 33.1 Å². The average Bonchev–Trinajstić information content (AvgIpc) is 2.37. The number of hydrogen-bond donors (Lipinski definition) is 2. The Morgan fingerprint density at radius 3 is 2.74 bits per heavy atom. The van der Waals surface area contributed by atoms with Crippen LogP contribution in [0.3, 0.4) is 0 Å². The third kappa shape index (κ3) is 2.82. The molecule has 0 bridgehead atoms. The first-order valence-corrected chi connectivity index (χ1v) is 5.97. The van der Waals surface area contributed by atoms with Crippen LogP contribution in [-0.2, 0) is 4.79 Å². The maximum atomic E-state index is 11.3. The number of hydrogen-bond acceptors (Lipinski definition) is 5. The maximum absolute atomic E-state index is 11.3. The Hall–Kier alpha value is -2.15. The molecule has 0 aromatic heterocycles.